The molecule has 4 heterocycles. The summed E-state index contributed by atoms with van der Waals surface area (Å²) in [6, 6.07) is 0. The Kier molecular flexibility index (Phi) is 5.87. The number of thiazole rings is 1. The van der Waals surface area contributed by atoms with Crippen LogP contribution < -0.4 is 5.32 Å². The summed E-state index contributed by atoms with van der Waals surface area (Å²) >= 11 is 1.62. The lowest BCUT2D eigenvalue weighted by Gasteiger charge is -2.31. The van der Waals surface area contributed by atoms with Crippen LogP contribution in [0.5, 0.6) is 0 Å². The Morgan fingerprint density at radius 3 is 2.54 bits per heavy atom. The van der Waals surface area contributed by atoms with Crippen LogP contribution in [0.25, 0.3) is 0 Å². The predicted molar refractivity (Wildman–Crippen MR) is 111 cm³/mol. The monoisotopic (exact) mass is 395 g/mol. The van der Waals surface area contributed by atoms with E-state index in [0.29, 0.717) is 5.92 Å². The molecule has 8 heteroatoms. The summed E-state index contributed by atoms with van der Waals surface area (Å²) in [5.74, 6) is 2.24. The molecule has 1 saturated heterocycles. The van der Waals surface area contributed by atoms with Crippen molar-refractivity contribution in [1.82, 2.24) is 29.8 Å². The first-order valence-corrected chi connectivity index (χ1v) is 10.5. The molecule has 7 nitrogen and oxygen atoms in total. The van der Waals surface area contributed by atoms with E-state index in [9.17, 15) is 0 Å². The molecule has 0 aliphatic carbocycles. The minimum Gasteiger partial charge on any atom is -0.315 e. The average molecular weight is 396 g/mol. The molecule has 1 aliphatic heterocycles. The zero-order valence-electron chi connectivity index (χ0n) is 16.3. The molecule has 0 saturated carbocycles. The number of piperidine rings is 1. The van der Waals surface area contributed by atoms with Gasteiger partial charge in [0, 0.05) is 41.8 Å². The Hall–Kier alpha value is -2.45. The van der Waals surface area contributed by atoms with E-state index in [0.717, 1.165) is 48.5 Å². The van der Waals surface area contributed by atoms with Crippen molar-refractivity contribution < 1.29 is 0 Å². The third-order valence-corrected chi connectivity index (χ3v) is 5.81. The van der Waals surface area contributed by atoms with Crippen molar-refractivity contribution in [3.05, 3.63) is 52.9 Å². The van der Waals surface area contributed by atoms with E-state index in [2.05, 4.69) is 30.2 Å². The minimum atomic E-state index is 0.650. The topological polar surface area (TPSA) is 79.7 Å². The molecule has 3 aromatic heterocycles. The molecule has 1 aliphatic rings. The molecule has 1 N–H and O–H groups in total. The van der Waals surface area contributed by atoms with Crippen molar-refractivity contribution in [3.8, 4) is 0 Å². The lowest BCUT2D eigenvalue weighted by molar-refractivity contribution is 0.176. The highest BCUT2D eigenvalue weighted by molar-refractivity contribution is 7.15. The molecule has 0 radical (unpaired) electrons. The van der Waals surface area contributed by atoms with Crippen LogP contribution in [-0.4, -0.2) is 42.9 Å². The number of hydrogen-bond acceptors (Lipinski definition) is 8. The molecule has 0 spiro atoms. The van der Waals surface area contributed by atoms with Gasteiger partial charge in [-0.1, -0.05) is 0 Å². The lowest BCUT2D eigenvalue weighted by atomic mass is 9.92. The Labute approximate surface area is 169 Å². The van der Waals surface area contributed by atoms with Gasteiger partial charge in [-0.3, -0.25) is 9.88 Å². The molecule has 1 fully saturated rings. The van der Waals surface area contributed by atoms with Crippen LogP contribution in [0.15, 0.2) is 31.0 Å². The number of likely N-dealkylation sites (tertiary alicyclic amines) is 1. The van der Waals surface area contributed by atoms with E-state index >= 15 is 0 Å². The highest BCUT2D eigenvalue weighted by Gasteiger charge is 2.20. The SMILES string of the molecule is Cc1ncc(CN2CCC(Cc3cncc(Nc4ncc(C)s4)n3)CC2)cn1. The first-order valence-electron chi connectivity index (χ1n) is 9.64. The van der Waals surface area contributed by atoms with E-state index in [1.54, 1.807) is 17.5 Å². The second-order valence-electron chi connectivity index (χ2n) is 7.36. The second-order valence-corrected chi connectivity index (χ2v) is 8.59. The lowest BCUT2D eigenvalue weighted by Crippen LogP contribution is -2.34. The van der Waals surface area contributed by atoms with Gasteiger partial charge in [0.15, 0.2) is 10.9 Å². The molecular weight excluding hydrogens is 370 g/mol. The largest absolute Gasteiger partial charge is 0.315 e. The number of rotatable bonds is 6. The summed E-state index contributed by atoms with van der Waals surface area (Å²) < 4.78 is 0. The number of hydrogen-bond donors (Lipinski definition) is 1. The van der Waals surface area contributed by atoms with E-state index in [-0.39, 0.29) is 0 Å². The van der Waals surface area contributed by atoms with Crippen LogP contribution in [0, 0.1) is 19.8 Å². The van der Waals surface area contributed by atoms with Crippen molar-refractivity contribution in [1.29, 1.82) is 0 Å². The molecule has 146 valence electrons. The maximum Gasteiger partial charge on any atom is 0.188 e. The summed E-state index contributed by atoms with van der Waals surface area (Å²) in [7, 11) is 0. The number of aryl methyl sites for hydroxylation is 2. The fourth-order valence-electron chi connectivity index (χ4n) is 3.49. The molecular formula is C20H25N7S. The quantitative estimate of drug-likeness (QED) is 0.684. The normalized spacial score (nSPS) is 15.6. The maximum atomic E-state index is 4.73. The summed E-state index contributed by atoms with van der Waals surface area (Å²) in [6.45, 7) is 7.09. The molecule has 0 aromatic carbocycles. The number of nitrogens with one attached hydrogen (secondary N) is 1. The molecule has 0 atom stereocenters. The van der Waals surface area contributed by atoms with E-state index in [1.807, 2.05) is 38.6 Å². The molecule has 0 bridgehead atoms. The molecule has 0 unspecified atom stereocenters. The Morgan fingerprint density at radius 2 is 1.82 bits per heavy atom. The number of aromatic nitrogens is 5. The zero-order chi connectivity index (χ0) is 19.3. The van der Waals surface area contributed by atoms with E-state index in [4.69, 9.17) is 4.98 Å². The van der Waals surface area contributed by atoms with Crippen molar-refractivity contribution in [3.63, 3.8) is 0 Å². The summed E-state index contributed by atoms with van der Waals surface area (Å²) in [4.78, 5) is 25.7. The van der Waals surface area contributed by atoms with Crippen LogP contribution in [0.4, 0.5) is 10.9 Å². The van der Waals surface area contributed by atoms with Crippen LogP contribution in [0.1, 0.15) is 34.8 Å². The van der Waals surface area contributed by atoms with Gasteiger partial charge in [-0.15, -0.1) is 11.3 Å². The van der Waals surface area contributed by atoms with Crippen molar-refractivity contribution in [2.45, 2.75) is 39.7 Å². The van der Waals surface area contributed by atoms with Crippen molar-refractivity contribution in [2.75, 3.05) is 18.4 Å². The van der Waals surface area contributed by atoms with Crippen LogP contribution in [0.2, 0.25) is 0 Å². The first kappa shape index (κ1) is 18.9. The Balaban J connectivity index is 1.28. The zero-order valence-corrected chi connectivity index (χ0v) is 17.1. The fourth-order valence-corrected chi connectivity index (χ4v) is 4.16. The van der Waals surface area contributed by atoms with Gasteiger partial charge in [0.25, 0.3) is 0 Å². The highest BCUT2D eigenvalue weighted by atomic mass is 32.1. The molecule has 3 aromatic rings. The van der Waals surface area contributed by atoms with Gasteiger partial charge in [-0.25, -0.2) is 19.9 Å². The van der Waals surface area contributed by atoms with E-state index in [1.165, 1.54) is 23.3 Å². The van der Waals surface area contributed by atoms with Crippen molar-refractivity contribution >= 4 is 22.3 Å². The standard InChI is InChI=1S/C20H25N7S/c1-14-8-24-20(28-14)26-19-12-21-11-18(25-19)7-16-3-5-27(6-4-16)13-17-9-22-15(2)23-10-17/h8-12,16H,3-7,13H2,1-2H3,(H,24,25,26). The second kappa shape index (κ2) is 8.70. The Bertz CT molecular complexity index is 901. The van der Waals surface area contributed by atoms with Crippen LogP contribution in [0.3, 0.4) is 0 Å². The van der Waals surface area contributed by atoms with Crippen LogP contribution in [-0.2, 0) is 13.0 Å². The maximum absolute atomic E-state index is 4.73. The number of nitrogens with zero attached hydrogens (tertiary/aromatic N) is 6. The van der Waals surface area contributed by atoms with Gasteiger partial charge in [0.2, 0.25) is 0 Å². The number of anilines is 2. The highest BCUT2D eigenvalue weighted by Crippen LogP contribution is 2.24. The van der Waals surface area contributed by atoms with E-state index < -0.39 is 0 Å². The summed E-state index contributed by atoms with van der Waals surface area (Å²) in [6.07, 6.45) is 12.7. The van der Waals surface area contributed by atoms with Gasteiger partial charge in [0.1, 0.15) is 5.82 Å². The first-order chi connectivity index (χ1) is 13.6. The predicted octanol–water partition coefficient (Wildman–Crippen LogP) is 3.54. The van der Waals surface area contributed by atoms with Gasteiger partial charge in [-0.05, 0) is 52.1 Å². The van der Waals surface area contributed by atoms with Gasteiger partial charge >= 0.3 is 0 Å². The third kappa shape index (κ3) is 5.08. The molecule has 28 heavy (non-hydrogen) atoms. The van der Waals surface area contributed by atoms with Gasteiger partial charge < -0.3 is 5.32 Å². The molecule has 4 rings (SSSR count). The summed E-state index contributed by atoms with van der Waals surface area (Å²) in [5, 5.41) is 4.11. The van der Waals surface area contributed by atoms with Crippen LogP contribution >= 0.6 is 11.3 Å². The smallest absolute Gasteiger partial charge is 0.188 e. The minimum absolute atomic E-state index is 0.650. The fraction of sp³-hybridized carbons (Fsp3) is 0.450. The molecule has 0 amide bonds. The Morgan fingerprint density at radius 1 is 1.04 bits per heavy atom. The summed E-state index contributed by atoms with van der Waals surface area (Å²) in [5.41, 5.74) is 2.23. The van der Waals surface area contributed by atoms with Gasteiger partial charge in [-0.2, -0.15) is 0 Å². The third-order valence-electron chi connectivity index (χ3n) is 4.99. The average Bonchev–Trinajstić information content (AvgIpc) is 3.10. The van der Waals surface area contributed by atoms with Crippen molar-refractivity contribution in [2.24, 2.45) is 5.92 Å². The van der Waals surface area contributed by atoms with Gasteiger partial charge in [0.05, 0.1) is 11.9 Å².